The number of rotatable bonds is 5. The van der Waals surface area contributed by atoms with Crippen molar-refractivity contribution in [2.24, 2.45) is 0 Å². The zero-order valence-electron chi connectivity index (χ0n) is 18.0. The van der Waals surface area contributed by atoms with E-state index in [9.17, 15) is 14.9 Å². The highest BCUT2D eigenvalue weighted by molar-refractivity contribution is 6.08. The molecular formula is C23H21N5O4. The lowest BCUT2D eigenvalue weighted by Crippen LogP contribution is -2.12. The van der Waals surface area contributed by atoms with Crippen LogP contribution in [0.3, 0.4) is 0 Å². The Bertz CT molecular complexity index is 1360. The molecule has 0 saturated heterocycles. The van der Waals surface area contributed by atoms with Crippen LogP contribution < -0.4 is 10.1 Å². The molecule has 2 aromatic carbocycles. The number of anilines is 1. The van der Waals surface area contributed by atoms with Crippen LogP contribution in [0.2, 0.25) is 0 Å². The molecule has 0 spiro atoms. The van der Waals surface area contributed by atoms with Gasteiger partial charge in [0.15, 0.2) is 5.65 Å². The summed E-state index contributed by atoms with van der Waals surface area (Å²) in [6.07, 6.45) is 1.42. The first-order chi connectivity index (χ1) is 15.2. The van der Waals surface area contributed by atoms with Gasteiger partial charge in [0.25, 0.3) is 11.6 Å². The number of carbonyl (C=O) groups excluding carboxylic acids is 1. The van der Waals surface area contributed by atoms with Gasteiger partial charge in [-0.2, -0.15) is 5.10 Å². The fourth-order valence-electron chi connectivity index (χ4n) is 3.58. The Morgan fingerprint density at radius 1 is 1.00 bits per heavy atom. The SMILES string of the molecule is Cc1cc(C)cc(Oc2cc(NC(=O)c3cnn4c(C)cc(C)nc34)cc([N+](=O)[O-])c2)c1. The van der Waals surface area contributed by atoms with Crippen LogP contribution >= 0.6 is 0 Å². The van der Waals surface area contributed by atoms with Crippen molar-refractivity contribution in [3.8, 4) is 11.5 Å². The summed E-state index contributed by atoms with van der Waals surface area (Å²) in [6, 6.07) is 11.7. The molecule has 162 valence electrons. The summed E-state index contributed by atoms with van der Waals surface area (Å²) in [6.45, 7) is 7.58. The molecule has 0 aliphatic rings. The number of nitro groups is 1. The van der Waals surface area contributed by atoms with E-state index in [4.69, 9.17) is 4.74 Å². The van der Waals surface area contributed by atoms with Crippen molar-refractivity contribution in [2.75, 3.05) is 5.32 Å². The molecule has 0 aliphatic carbocycles. The minimum atomic E-state index is -0.534. The normalized spacial score (nSPS) is 10.9. The van der Waals surface area contributed by atoms with Gasteiger partial charge in [-0.05, 0) is 57.0 Å². The number of nitro benzene ring substituents is 1. The molecule has 0 radical (unpaired) electrons. The Morgan fingerprint density at radius 2 is 1.69 bits per heavy atom. The van der Waals surface area contributed by atoms with Crippen LogP contribution in [0.4, 0.5) is 11.4 Å². The van der Waals surface area contributed by atoms with Crippen molar-refractivity contribution in [1.82, 2.24) is 14.6 Å². The second kappa shape index (κ2) is 8.10. The lowest BCUT2D eigenvalue weighted by atomic mass is 10.1. The number of ether oxygens (including phenoxy) is 1. The molecule has 4 rings (SSSR count). The summed E-state index contributed by atoms with van der Waals surface area (Å²) in [5, 5.41) is 18.4. The van der Waals surface area contributed by atoms with Crippen molar-refractivity contribution in [1.29, 1.82) is 0 Å². The molecule has 4 aromatic rings. The number of non-ortho nitro benzene ring substituents is 1. The number of hydrogen-bond donors (Lipinski definition) is 1. The average Bonchev–Trinajstić information content (AvgIpc) is 3.11. The van der Waals surface area contributed by atoms with Crippen LogP contribution in [-0.2, 0) is 0 Å². The molecular weight excluding hydrogens is 410 g/mol. The molecule has 0 fully saturated rings. The fraction of sp³-hybridized carbons (Fsp3) is 0.174. The summed E-state index contributed by atoms with van der Waals surface area (Å²) in [5.74, 6) is 0.317. The van der Waals surface area contributed by atoms with Crippen molar-refractivity contribution in [2.45, 2.75) is 27.7 Å². The van der Waals surface area contributed by atoms with Crippen LogP contribution in [0.15, 0.2) is 48.7 Å². The standard InChI is InChI=1S/C23H21N5O4/c1-13-5-14(2)7-19(6-13)32-20-10-17(9-18(11-20)28(30)31)26-23(29)21-12-24-27-16(4)8-15(3)25-22(21)27/h5-12H,1-4H3,(H,26,29). The van der Waals surface area contributed by atoms with E-state index in [0.29, 0.717) is 11.4 Å². The van der Waals surface area contributed by atoms with Gasteiger partial charge in [-0.1, -0.05) is 6.07 Å². The van der Waals surface area contributed by atoms with Gasteiger partial charge in [-0.25, -0.2) is 9.50 Å². The predicted molar refractivity (Wildman–Crippen MR) is 120 cm³/mol. The first kappa shape index (κ1) is 21.0. The Balaban J connectivity index is 1.67. The maximum Gasteiger partial charge on any atom is 0.275 e. The molecule has 0 aliphatic heterocycles. The average molecular weight is 431 g/mol. The van der Waals surface area contributed by atoms with E-state index in [1.54, 1.807) is 4.52 Å². The van der Waals surface area contributed by atoms with Crippen molar-refractivity contribution in [3.63, 3.8) is 0 Å². The van der Waals surface area contributed by atoms with Gasteiger partial charge in [-0.3, -0.25) is 14.9 Å². The van der Waals surface area contributed by atoms with Gasteiger partial charge in [0.2, 0.25) is 0 Å². The van der Waals surface area contributed by atoms with E-state index in [0.717, 1.165) is 22.5 Å². The molecule has 2 heterocycles. The van der Waals surface area contributed by atoms with Crippen LogP contribution in [0.1, 0.15) is 32.9 Å². The van der Waals surface area contributed by atoms with Crippen LogP contribution in [0.25, 0.3) is 5.65 Å². The van der Waals surface area contributed by atoms with Crippen molar-refractivity contribution < 1.29 is 14.5 Å². The number of nitrogens with zero attached hydrogens (tertiary/aromatic N) is 4. The summed E-state index contributed by atoms with van der Waals surface area (Å²) in [5.41, 5.74) is 4.31. The van der Waals surface area contributed by atoms with Crippen LogP contribution in [0.5, 0.6) is 11.5 Å². The largest absolute Gasteiger partial charge is 0.457 e. The number of carbonyl (C=O) groups is 1. The van der Waals surface area contributed by atoms with Gasteiger partial charge in [-0.15, -0.1) is 0 Å². The van der Waals surface area contributed by atoms with Gasteiger partial charge in [0, 0.05) is 23.5 Å². The third-order valence-corrected chi connectivity index (χ3v) is 4.81. The zero-order valence-corrected chi connectivity index (χ0v) is 18.0. The summed E-state index contributed by atoms with van der Waals surface area (Å²) in [4.78, 5) is 28.2. The fourth-order valence-corrected chi connectivity index (χ4v) is 3.58. The quantitative estimate of drug-likeness (QED) is 0.355. The van der Waals surface area contributed by atoms with E-state index >= 15 is 0 Å². The number of amides is 1. The molecule has 1 N–H and O–H groups in total. The number of aryl methyl sites for hydroxylation is 4. The van der Waals surface area contributed by atoms with E-state index in [1.807, 2.05) is 52.0 Å². The first-order valence-corrected chi connectivity index (χ1v) is 9.88. The third kappa shape index (κ3) is 4.27. The summed E-state index contributed by atoms with van der Waals surface area (Å²) in [7, 11) is 0. The third-order valence-electron chi connectivity index (χ3n) is 4.81. The van der Waals surface area contributed by atoms with E-state index in [-0.39, 0.29) is 22.7 Å². The Kier molecular flexibility index (Phi) is 5.31. The monoisotopic (exact) mass is 431 g/mol. The number of fused-ring (bicyclic) bond motifs is 1. The number of aromatic nitrogens is 3. The molecule has 0 unspecified atom stereocenters. The Labute approximate surface area is 183 Å². The highest BCUT2D eigenvalue weighted by atomic mass is 16.6. The van der Waals surface area contributed by atoms with Gasteiger partial charge in [0.05, 0.1) is 22.9 Å². The second-order valence-corrected chi connectivity index (χ2v) is 7.68. The van der Waals surface area contributed by atoms with E-state index < -0.39 is 10.8 Å². The van der Waals surface area contributed by atoms with Crippen molar-refractivity contribution >= 4 is 22.9 Å². The number of nitrogens with one attached hydrogen (secondary N) is 1. The maximum absolute atomic E-state index is 12.9. The minimum Gasteiger partial charge on any atom is -0.457 e. The smallest absolute Gasteiger partial charge is 0.275 e. The second-order valence-electron chi connectivity index (χ2n) is 7.68. The highest BCUT2D eigenvalue weighted by Gasteiger charge is 2.18. The summed E-state index contributed by atoms with van der Waals surface area (Å²) < 4.78 is 7.43. The Morgan fingerprint density at radius 3 is 2.38 bits per heavy atom. The van der Waals surface area contributed by atoms with Gasteiger partial charge >= 0.3 is 0 Å². The van der Waals surface area contributed by atoms with E-state index in [2.05, 4.69) is 15.4 Å². The molecule has 32 heavy (non-hydrogen) atoms. The number of hydrogen-bond acceptors (Lipinski definition) is 6. The molecule has 9 nitrogen and oxygen atoms in total. The molecule has 0 bridgehead atoms. The molecule has 0 atom stereocenters. The topological polar surface area (TPSA) is 112 Å². The van der Waals surface area contributed by atoms with Gasteiger partial charge in [0.1, 0.15) is 17.1 Å². The molecule has 0 saturated carbocycles. The zero-order chi connectivity index (χ0) is 23.0. The van der Waals surface area contributed by atoms with E-state index in [1.165, 1.54) is 24.4 Å². The maximum atomic E-state index is 12.9. The van der Waals surface area contributed by atoms with Crippen molar-refractivity contribution in [3.05, 3.63) is 86.9 Å². The number of benzene rings is 2. The Hall–Kier alpha value is -4.27. The lowest BCUT2D eigenvalue weighted by molar-refractivity contribution is -0.384. The van der Waals surface area contributed by atoms with Crippen LogP contribution in [-0.4, -0.2) is 25.4 Å². The lowest BCUT2D eigenvalue weighted by Gasteiger charge is -2.10. The molecule has 9 heteroatoms. The van der Waals surface area contributed by atoms with Gasteiger partial charge < -0.3 is 10.1 Å². The minimum absolute atomic E-state index is 0.202. The molecule has 1 amide bonds. The molecule has 2 aromatic heterocycles. The van der Waals surface area contributed by atoms with Crippen LogP contribution in [0, 0.1) is 37.8 Å². The predicted octanol–water partition coefficient (Wildman–Crippen LogP) is 4.92. The first-order valence-electron chi connectivity index (χ1n) is 9.88. The highest BCUT2D eigenvalue weighted by Crippen LogP contribution is 2.31. The summed E-state index contributed by atoms with van der Waals surface area (Å²) >= 11 is 0.